The molecule has 240 valence electrons. The van der Waals surface area contributed by atoms with Crippen molar-refractivity contribution in [3.05, 3.63) is 164 Å². The smallest absolute Gasteiger partial charge is 0.145 e. The standard InChI is InChI=1S/C47H27N5/c1-2-10-30(11-3-1)47-50-44-36-16-9-24-48-43(36)45-42(39(23-25-49-45)52-37-17-6-4-14-34(37)35-15-5-7-18-38(35)52)46(44)51(47)33-26-31-21-19-28-12-8-13-29-20-22-32(27-33)41(31)40(28)29/h1-27H. The molecule has 0 aliphatic carbocycles. The molecule has 12 aromatic rings. The van der Waals surface area contributed by atoms with Crippen molar-refractivity contribution in [2.24, 2.45) is 0 Å². The van der Waals surface area contributed by atoms with Gasteiger partial charge >= 0.3 is 0 Å². The van der Waals surface area contributed by atoms with Crippen LogP contribution in [0.5, 0.6) is 0 Å². The van der Waals surface area contributed by atoms with Crippen LogP contribution in [-0.2, 0) is 0 Å². The molecule has 0 N–H and O–H groups in total. The van der Waals surface area contributed by atoms with Crippen LogP contribution in [0.1, 0.15) is 0 Å². The zero-order valence-corrected chi connectivity index (χ0v) is 27.8. The Kier molecular flexibility index (Phi) is 5.44. The van der Waals surface area contributed by atoms with E-state index in [4.69, 9.17) is 15.0 Å². The Morgan fingerprint density at radius 1 is 0.404 bits per heavy atom. The van der Waals surface area contributed by atoms with E-state index in [1.807, 2.05) is 18.5 Å². The number of nitrogens with zero attached hydrogens (tertiary/aromatic N) is 5. The van der Waals surface area contributed by atoms with Gasteiger partial charge in [-0.1, -0.05) is 109 Å². The normalized spacial score (nSPS) is 12.2. The molecule has 0 radical (unpaired) electrons. The van der Waals surface area contributed by atoms with Crippen molar-refractivity contribution in [1.29, 1.82) is 0 Å². The van der Waals surface area contributed by atoms with Gasteiger partial charge in [0.05, 0.1) is 38.7 Å². The minimum Gasteiger partial charge on any atom is -0.308 e. The van der Waals surface area contributed by atoms with Crippen molar-refractivity contribution in [1.82, 2.24) is 24.1 Å². The first kappa shape index (κ1) is 27.7. The molecule has 4 aromatic heterocycles. The van der Waals surface area contributed by atoms with Gasteiger partial charge in [-0.2, -0.15) is 0 Å². The highest BCUT2D eigenvalue weighted by Crippen LogP contribution is 2.44. The van der Waals surface area contributed by atoms with Gasteiger partial charge in [-0.25, -0.2) is 4.98 Å². The van der Waals surface area contributed by atoms with Crippen LogP contribution < -0.4 is 0 Å². The highest BCUT2D eigenvalue weighted by molar-refractivity contribution is 6.26. The molecule has 5 heteroatoms. The molecule has 4 heterocycles. The Morgan fingerprint density at radius 3 is 1.75 bits per heavy atom. The van der Waals surface area contributed by atoms with Crippen molar-refractivity contribution in [3.8, 4) is 22.8 Å². The van der Waals surface area contributed by atoms with E-state index in [9.17, 15) is 0 Å². The van der Waals surface area contributed by atoms with E-state index in [0.717, 1.165) is 66.6 Å². The lowest BCUT2D eigenvalue weighted by Crippen LogP contribution is -2.02. The molecule has 12 rings (SSSR count). The lowest BCUT2D eigenvalue weighted by Gasteiger charge is -2.17. The summed E-state index contributed by atoms with van der Waals surface area (Å²) >= 11 is 0. The summed E-state index contributed by atoms with van der Waals surface area (Å²) in [7, 11) is 0. The molecule has 5 nitrogen and oxygen atoms in total. The predicted molar refractivity (Wildman–Crippen MR) is 215 cm³/mol. The van der Waals surface area contributed by atoms with Gasteiger partial charge in [0.1, 0.15) is 11.3 Å². The van der Waals surface area contributed by atoms with Crippen LogP contribution in [0.15, 0.2) is 164 Å². The van der Waals surface area contributed by atoms with Gasteiger partial charge in [0, 0.05) is 39.8 Å². The van der Waals surface area contributed by atoms with E-state index in [1.54, 1.807) is 0 Å². The summed E-state index contributed by atoms with van der Waals surface area (Å²) in [5.74, 6) is 0.873. The van der Waals surface area contributed by atoms with Crippen LogP contribution in [0.3, 0.4) is 0 Å². The fourth-order valence-electron chi connectivity index (χ4n) is 8.76. The molecule has 52 heavy (non-hydrogen) atoms. The van der Waals surface area contributed by atoms with E-state index >= 15 is 0 Å². The molecule has 0 saturated carbocycles. The van der Waals surface area contributed by atoms with Gasteiger partial charge in [-0.15, -0.1) is 0 Å². The molecule has 0 atom stereocenters. The average Bonchev–Trinajstić information content (AvgIpc) is 3.77. The van der Waals surface area contributed by atoms with E-state index in [-0.39, 0.29) is 0 Å². The van der Waals surface area contributed by atoms with Gasteiger partial charge in [0.25, 0.3) is 0 Å². The number of hydrogen-bond acceptors (Lipinski definition) is 3. The third kappa shape index (κ3) is 3.64. The first-order chi connectivity index (χ1) is 25.8. The van der Waals surface area contributed by atoms with Crippen LogP contribution in [-0.4, -0.2) is 24.1 Å². The lowest BCUT2D eigenvalue weighted by molar-refractivity contribution is 1.11. The van der Waals surface area contributed by atoms with E-state index < -0.39 is 0 Å². The topological polar surface area (TPSA) is 48.5 Å². The van der Waals surface area contributed by atoms with Crippen LogP contribution in [0.2, 0.25) is 0 Å². The second-order valence-corrected chi connectivity index (χ2v) is 13.6. The van der Waals surface area contributed by atoms with Crippen LogP contribution in [0.25, 0.3) is 110 Å². The fraction of sp³-hybridized carbons (Fsp3) is 0. The zero-order valence-electron chi connectivity index (χ0n) is 27.8. The summed E-state index contributed by atoms with van der Waals surface area (Å²) in [6.07, 6.45) is 3.78. The van der Waals surface area contributed by atoms with Crippen LogP contribution in [0.4, 0.5) is 0 Å². The van der Waals surface area contributed by atoms with Crippen molar-refractivity contribution in [2.75, 3.05) is 0 Å². The Morgan fingerprint density at radius 2 is 1.02 bits per heavy atom. The summed E-state index contributed by atoms with van der Waals surface area (Å²) in [5.41, 5.74) is 9.00. The number of imidazole rings is 1. The van der Waals surface area contributed by atoms with Crippen molar-refractivity contribution in [3.63, 3.8) is 0 Å². The summed E-state index contributed by atoms with van der Waals surface area (Å²) < 4.78 is 4.76. The molecule has 0 aliphatic heterocycles. The van der Waals surface area contributed by atoms with Crippen molar-refractivity contribution < 1.29 is 0 Å². The Hall–Kier alpha value is -7.11. The molecule has 0 aliphatic rings. The molecule has 0 spiro atoms. The Balaban J connectivity index is 1.31. The van der Waals surface area contributed by atoms with E-state index in [0.29, 0.717) is 0 Å². The first-order valence-electron chi connectivity index (χ1n) is 17.6. The molecular weight excluding hydrogens is 635 g/mol. The molecular formula is C47H27N5. The lowest BCUT2D eigenvalue weighted by atomic mass is 9.94. The molecule has 0 fully saturated rings. The van der Waals surface area contributed by atoms with Gasteiger partial charge in [-0.05, 0) is 74.8 Å². The Labute approximate surface area is 297 Å². The van der Waals surface area contributed by atoms with Gasteiger partial charge < -0.3 is 4.57 Å². The quantitative estimate of drug-likeness (QED) is 0.177. The highest BCUT2D eigenvalue weighted by atomic mass is 15.1. The number of benzene rings is 8. The molecule has 0 saturated heterocycles. The minimum atomic E-state index is 0.840. The molecule has 0 unspecified atom stereocenters. The number of aromatic nitrogens is 5. The number of para-hydroxylation sites is 2. The highest BCUT2D eigenvalue weighted by Gasteiger charge is 2.25. The maximum atomic E-state index is 5.55. The van der Waals surface area contributed by atoms with Crippen molar-refractivity contribution in [2.45, 2.75) is 0 Å². The molecule has 0 amide bonds. The largest absolute Gasteiger partial charge is 0.308 e. The fourth-order valence-corrected chi connectivity index (χ4v) is 8.76. The predicted octanol–water partition coefficient (Wildman–Crippen LogP) is 11.8. The number of pyridine rings is 2. The van der Waals surface area contributed by atoms with Crippen LogP contribution >= 0.6 is 0 Å². The summed E-state index contributed by atoms with van der Waals surface area (Å²) in [4.78, 5) is 15.6. The first-order valence-corrected chi connectivity index (χ1v) is 17.6. The number of fused-ring (bicyclic) bond motifs is 9. The third-order valence-corrected chi connectivity index (χ3v) is 10.9. The van der Waals surface area contributed by atoms with Crippen LogP contribution in [0, 0.1) is 0 Å². The van der Waals surface area contributed by atoms with E-state index in [1.165, 1.54) is 43.1 Å². The summed E-state index contributed by atoms with van der Waals surface area (Å²) in [5, 5.41) is 11.9. The van der Waals surface area contributed by atoms with Crippen molar-refractivity contribution >= 4 is 87.0 Å². The van der Waals surface area contributed by atoms with E-state index in [2.05, 4.69) is 155 Å². The SMILES string of the molecule is c1ccc(-c2nc3c4cccnc4c4nccc(-n5c6ccccc6c6ccccc65)c4c3n2-c2cc3ccc4cccc5ccc(c2)c3c45)cc1. The maximum Gasteiger partial charge on any atom is 0.145 e. The summed E-state index contributed by atoms with van der Waals surface area (Å²) in [6.45, 7) is 0. The summed E-state index contributed by atoms with van der Waals surface area (Å²) in [6, 6.07) is 54.4. The average molecular weight is 662 g/mol. The number of rotatable bonds is 3. The Bertz CT molecular complexity index is 3290. The zero-order chi connectivity index (χ0) is 33.9. The number of hydrogen-bond donors (Lipinski definition) is 0. The maximum absolute atomic E-state index is 5.55. The third-order valence-electron chi connectivity index (χ3n) is 10.9. The second-order valence-electron chi connectivity index (χ2n) is 13.6. The molecule has 0 bridgehead atoms. The van der Waals surface area contributed by atoms with Gasteiger partial charge in [0.15, 0.2) is 0 Å². The van der Waals surface area contributed by atoms with Gasteiger partial charge in [-0.3, -0.25) is 14.5 Å². The monoisotopic (exact) mass is 661 g/mol. The van der Waals surface area contributed by atoms with Gasteiger partial charge in [0.2, 0.25) is 0 Å². The second kappa shape index (κ2) is 10.2. The molecule has 8 aromatic carbocycles. The minimum absolute atomic E-state index is 0.840.